The van der Waals surface area contributed by atoms with Gasteiger partial charge in [0.2, 0.25) is 0 Å². The highest BCUT2D eigenvalue weighted by molar-refractivity contribution is 7.22. The van der Waals surface area contributed by atoms with E-state index in [-0.39, 0.29) is 5.91 Å². The summed E-state index contributed by atoms with van der Waals surface area (Å²) in [4.78, 5) is 18.5. The van der Waals surface area contributed by atoms with E-state index in [1.165, 1.54) is 11.3 Å². The predicted octanol–water partition coefficient (Wildman–Crippen LogP) is 5.32. The number of nitrogens with one attached hydrogen (secondary N) is 1. The lowest BCUT2D eigenvalue weighted by Crippen LogP contribution is -2.11. The van der Waals surface area contributed by atoms with Crippen molar-refractivity contribution in [1.82, 2.24) is 4.98 Å². The van der Waals surface area contributed by atoms with Gasteiger partial charge in [-0.15, -0.1) is 22.7 Å². The number of thiazole rings is 1. The Balaban J connectivity index is 1.87. The number of nitrogens with two attached hydrogens (primary N) is 1. The molecule has 23 heavy (non-hydrogen) atoms. The highest BCUT2D eigenvalue weighted by Gasteiger charge is 2.17. The Bertz CT molecular complexity index is 852. The first kappa shape index (κ1) is 16.3. The maximum absolute atomic E-state index is 12.5. The second kappa shape index (κ2) is 6.49. The number of benzene rings is 1. The lowest BCUT2D eigenvalue weighted by atomic mass is 10.2. The van der Waals surface area contributed by atoms with E-state index in [2.05, 4.69) is 10.3 Å². The maximum Gasteiger partial charge on any atom is 0.267 e. The maximum atomic E-state index is 12.5. The largest absolute Gasteiger partial charge is 0.396 e. The molecule has 8 heteroatoms. The molecule has 3 N–H and O–H groups in total. The fourth-order valence-corrected chi connectivity index (χ4v) is 4.20. The first-order valence-corrected chi connectivity index (χ1v) is 8.98. The molecule has 1 aromatic carbocycles. The highest BCUT2D eigenvalue weighted by Crippen LogP contribution is 2.33. The van der Waals surface area contributed by atoms with Gasteiger partial charge in [-0.3, -0.25) is 4.79 Å². The van der Waals surface area contributed by atoms with E-state index in [0.717, 1.165) is 9.88 Å². The zero-order valence-electron chi connectivity index (χ0n) is 11.9. The molecule has 118 valence electrons. The topological polar surface area (TPSA) is 68.0 Å². The van der Waals surface area contributed by atoms with Crippen LogP contribution >= 0.6 is 45.9 Å². The molecule has 0 saturated carbocycles. The zero-order chi connectivity index (χ0) is 16.6. The number of halogens is 2. The number of carbonyl (C=O) groups excluding carboxylic acids is 1. The molecule has 4 nitrogen and oxygen atoms in total. The summed E-state index contributed by atoms with van der Waals surface area (Å²) in [7, 11) is 0. The lowest BCUT2D eigenvalue weighted by Gasteiger charge is -2.07. The summed E-state index contributed by atoms with van der Waals surface area (Å²) in [6, 6.07) is 7.06. The van der Waals surface area contributed by atoms with Crippen molar-refractivity contribution in [1.29, 1.82) is 0 Å². The molecule has 0 bridgehead atoms. The van der Waals surface area contributed by atoms with Crippen LogP contribution in [0.2, 0.25) is 10.0 Å². The average molecular weight is 384 g/mol. The average Bonchev–Trinajstić information content (AvgIpc) is 3.13. The molecular formula is C15H11Cl2N3OS2. The van der Waals surface area contributed by atoms with Gasteiger partial charge in [0, 0.05) is 5.69 Å². The van der Waals surface area contributed by atoms with Gasteiger partial charge in [-0.05, 0) is 30.5 Å². The second-order valence-electron chi connectivity index (χ2n) is 4.72. The van der Waals surface area contributed by atoms with Crippen LogP contribution in [0, 0.1) is 6.92 Å². The van der Waals surface area contributed by atoms with Crippen molar-refractivity contribution in [2.24, 2.45) is 0 Å². The number of aryl methyl sites for hydroxylation is 1. The first-order chi connectivity index (χ1) is 11.0. The predicted molar refractivity (Wildman–Crippen MR) is 99.0 cm³/mol. The number of carbonyl (C=O) groups is 1. The van der Waals surface area contributed by atoms with E-state index in [1.54, 1.807) is 23.5 Å². The standard InChI is InChI=1S/C15H11Cl2N3OS2/c1-7-13(23-15(19-7)11-3-2-4-22-11)14(21)20-8-5-9(16)12(18)10(17)6-8/h2-6H,18H2,1H3,(H,20,21). The monoisotopic (exact) mass is 383 g/mol. The van der Waals surface area contributed by atoms with Crippen LogP contribution in [0.3, 0.4) is 0 Å². The van der Waals surface area contributed by atoms with Crippen LogP contribution in [-0.4, -0.2) is 10.9 Å². The second-order valence-corrected chi connectivity index (χ2v) is 7.48. The van der Waals surface area contributed by atoms with E-state index in [9.17, 15) is 4.79 Å². The van der Waals surface area contributed by atoms with E-state index >= 15 is 0 Å². The summed E-state index contributed by atoms with van der Waals surface area (Å²) in [5, 5.41) is 6.18. The number of hydrogen-bond donors (Lipinski definition) is 2. The summed E-state index contributed by atoms with van der Waals surface area (Å²) in [5.74, 6) is -0.250. The third kappa shape index (κ3) is 3.35. The Morgan fingerprint density at radius 1 is 1.30 bits per heavy atom. The number of amides is 1. The molecular weight excluding hydrogens is 373 g/mol. The Morgan fingerprint density at radius 3 is 2.61 bits per heavy atom. The van der Waals surface area contributed by atoms with Gasteiger partial charge >= 0.3 is 0 Å². The molecule has 3 rings (SSSR count). The molecule has 0 aliphatic heterocycles. The quantitative estimate of drug-likeness (QED) is 0.601. The molecule has 0 radical (unpaired) electrons. The van der Waals surface area contributed by atoms with Crippen molar-refractivity contribution in [3.05, 3.63) is 50.3 Å². The molecule has 0 aliphatic rings. The van der Waals surface area contributed by atoms with Crippen molar-refractivity contribution in [2.45, 2.75) is 6.92 Å². The molecule has 0 fully saturated rings. The minimum atomic E-state index is -0.250. The Hall–Kier alpha value is -1.60. The Labute approximate surface area is 150 Å². The summed E-state index contributed by atoms with van der Waals surface area (Å²) < 4.78 is 0. The van der Waals surface area contributed by atoms with Gasteiger partial charge in [-0.1, -0.05) is 29.3 Å². The molecule has 0 aliphatic carbocycles. The van der Waals surface area contributed by atoms with Gasteiger partial charge in [0.15, 0.2) is 0 Å². The van der Waals surface area contributed by atoms with Crippen LogP contribution < -0.4 is 11.1 Å². The van der Waals surface area contributed by atoms with Crippen molar-refractivity contribution in [3.63, 3.8) is 0 Å². The number of thiophene rings is 1. The van der Waals surface area contributed by atoms with Gasteiger partial charge in [-0.2, -0.15) is 0 Å². The zero-order valence-corrected chi connectivity index (χ0v) is 15.0. The minimum Gasteiger partial charge on any atom is -0.396 e. The molecule has 2 heterocycles. The van der Waals surface area contributed by atoms with Gasteiger partial charge in [0.25, 0.3) is 5.91 Å². The van der Waals surface area contributed by atoms with E-state index < -0.39 is 0 Å². The van der Waals surface area contributed by atoms with Gasteiger partial charge in [0.1, 0.15) is 9.88 Å². The summed E-state index contributed by atoms with van der Waals surface area (Å²) in [6.45, 7) is 1.81. The van der Waals surface area contributed by atoms with Crippen molar-refractivity contribution in [3.8, 4) is 9.88 Å². The van der Waals surface area contributed by atoms with Crippen LogP contribution in [0.25, 0.3) is 9.88 Å². The van der Waals surface area contributed by atoms with Gasteiger partial charge in [-0.25, -0.2) is 4.98 Å². The van der Waals surface area contributed by atoms with Crippen molar-refractivity contribution >= 4 is 63.2 Å². The minimum absolute atomic E-state index is 0.250. The van der Waals surface area contributed by atoms with Crippen LogP contribution in [0.15, 0.2) is 29.6 Å². The first-order valence-electron chi connectivity index (χ1n) is 6.53. The summed E-state index contributed by atoms with van der Waals surface area (Å²) in [6.07, 6.45) is 0. The highest BCUT2D eigenvalue weighted by atomic mass is 35.5. The molecule has 3 aromatic rings. The molecule has 1 amide bonds. The van der Waals surface area contributed by atoms with E-state index in [1.807, 2.05) is 24.4 Å². The summed E-state index contributed by atoms with van der Waals surface area (Å²) >= 11 is 14.9. The lowest BCUT2D eigenvalue weighted by molar-refractivity contribution is 0.103. The third-order valence-electron chi connectivity index (χ3n) is 3.07. The van der Waals surface area contributed by atoms with E-state index in [4.69, 9.17) is 28.9 Å². The molecule has 0 saturated heterocycles. The fourth-order valence-electron chi connectivity index (χ4n) is 1.96. The normalized spacial score (nSPS) is 10.7. The SMILES string of the molecule is Cc1nc(-c2cccs2)sc1C(=O)Nc1cc(Cl)c(N)c(Cl)c1. The van der Waals surface area contributed by atoms with Crippen molar-refractivity contribution < 1.29 is 4.79 Å². The fraction of sp³-hybridized carbons (Fsp3) is 0.0667. The van der Waals surface area contributed by atoms with Crippen LogP contribution in [0.4, 0.5) is 11.4 Å². The number of aromatic nitrogens is 1. The smallest absolute Gasteiger partial charge is 0.267 e. The van der Waals surface area contributed by atoms with E-state index in [0.29, 0.717) is 32.0 Å². The molecule has 2 aromatic heterocycles. The molecule has 0 spiro atoms. The molecule has 0 atom stereocenters. The summed E-state index contributed by atoms with van der Waals surface area (Å²) in [5.41, 5.74) is 7.16. The molecule has 0 unspecified atom stereocenters. The Kier molecular flexibility index (Phi) is 4.59. The number of rotatable bonds is 3. The van der Waals surface area contributed by atoms with Gasteiger partial charge in [0.05, 0.1) is 26.3 Å². The van der Waals surface area contributed by atoms with Crippen molar-refractivity contribution in [2.75, 3.05) is 11.1 Å². The third-order valence-corrected chi connectivity index (χ3v) is 5.89. The number of anilines is 2. The number of hydrogen-bond acceptors (Lipinski definition) is 5. The van der Waals surface area contributed by atoms with Crippen LogP contribution in [0.1, 0.15) is 15.4 Å². The van der Waals surface area contributed by atoms with Gasteiger partial charge < -0.3 is 11.1 Å². The number of nitrogens with zero attached hydrogens (tertiary/aromatic N) is 1. The van der Waals surface area contributed by atoms with Crippen LogP contribution in [-0.2, 0) is 0 Å². The Morgan fingerprint density at radius 2 is 2.00 bits per heavy atom. The number of nitrogen functional groups attached to an aromatic ring is 1. The van der Waals surface area contributed by atoms with Crippen LogP contribution in [0.5, 0.6) is 0 Å².